The Morgan fingerprint density at radius 1 is 1.16 bits per heavy atom. The maximum absolute atomic E-state index is 15.4. The number of hydrogen-bond donors (Lipinski definition) is 1. The number of rotatable bonds is 9. The van der Waals surface area contributed by atoms with E-state index in [2.05, 4.69) is 25.3 Å². The number of morpholine rings is 1. The summed E-state index contributed by atoms with van der Waals surface area (Å²) in [6, 6.07) is 5.87. The molecule has 2 aromatic heterocycles. The second-order valence-electron chi connectivity index (χ2n) is 9.22. The van der Waals surface area contributed by atoms with Crippen LogP contribution in [0.2, 0.25) is 0 Å². The number of halogens is 3. The number of amidine groups is 1. The van der Waals surface area contributed by atoms with E-state index >= 15 is 8.78 Å². The van der Waals surface area contributed by atoms with Gasteiger partial charge in [0.15, 0.2) is 5.82 Å². The molecule has 2 aliphatic rings. The zero-order chi connectivity index (χ0) is 25.8. The van der Waals surface area contributed by atoms with Gasteiger partial charge in [0, 0.05) is 38.0 Å². The van der Waals surface area contributed by atoms with Crippen molar-refractivity contribution >= 4 is 17.2 Å². The van der Waals surface area contributed by atoms with E-state index in [0.717, 1.165) is 74.7 Å². The van der Waals surface area contributed by atoms with Gasteiger partial charge in [0.25, 0.3) is 0 Å². The van der Waals surface area contributed by atoms with Crippen LogP contribution in [0.25, 0.3) is 5.52 Å². The Labute approximate surface area is 212 Å². The number of aliphatic imine (C=N–C) groups is 1. The molecule has 1 N–H and O–H groups in total. The number of nitrogens with zero attached hydrogens (tertiary/aromatic N) is 5. The molecule has 8 nitrogen and oxygen atoms in total. The third kappa shape index (κ3) is 6.00. The van der Waals surface area contributed by atoms with Crippen LogP contribution in [0.4, 0.5) is 19.0 Å². The van der Waals surface area contributed by atoms with Gasteiger partial charge in [0.1, 0.15) is 17.2 Å². The molecular weight excluding hydrogens is 485 g/mol. The lowest BCUT2D eigenvalue weighted by Gasteiger charge is -2.26. The summed E-state index contributed by atoms with van der Waals surface area (Å²) in [6.45, 7) is 7.70. The molecule has 0 aliphatic carbocycles. The molecular formula is C26H29F3N6O2. The summed E-state index contributed by atoms with van der Waals surface area (Å²) in [6.07, 6.45) is 4.39. The van der Waals surface area contributed by atoms with Crippen LogP contribution in [0, 0.1) is 5.82 Å². The molecule has 37 heavy (non-hydrogen) atoms. The van der Waals surface area contributed by atoms with Crippen molar-refractivity contribution in [3.05, 3.63) is 70.9 Å². The van der Waals surface area contributed by atoms with Gasteiger partial charge in [-0.2, -0.15) is 8.78 Å². The highest BCUT2D eigenvalue weighted by molar-refractivity contribution is 6.06. The van der Waals surface area contributed by atoms with Crippen molar-refractivity contribution in [1.29, 1.82) is 0 Å². The van der Waals surface area contributed by atoms with Crippen molar-refractivity contribution in [2.24, 2.45) is 4.99 Å². The van der Waals surface area contributed by atoms with Crippen LogP contribution in [0.3, 0.4) is 0 Å². The zero-order valence-electron chi connectivity index (χ0n) is 20.6. The van der Waals surface area contributed by atoms with Gasteiger partial charge in [-0.05, 0) is 60.9 Å². The van der Waals surface area contributed by atoms with Gasteiger partial charge in [0.2, 0.25) is 5.82 Å². The highest BCUT2D eigenvalue weighted by Gasteiger charge is 2.39. The maximum atomic E-state index is 15.4. The number of aromatic nitrogens is 3. The smallest absolute Gasteiger partial charge is 0.333 e. The van der Waals surface area contributed by atoms with E-state index in [9.17, 15) is 4.39 Å². The molecule has 4 heterocycles. The second-order valence-corrected chi connectivity index (χ2v) is 9.22. The highest BCUT2D eigenvalue weighted by Crippen LogP contribution is 2.34. The normalized spacial score (nSPS) is 16.8. The first-order valence-corrected chi connectivity index (χ1v) is 12.3. The number of anilines is 1. The standard InChI is InChI=1S/C26H29F3N6O2/c1-18-13-23(30-15-18)31-24-22-14-19(17-37-10-2-7-34-8-11-36-12-9-34)16-35(22)33-25(32-24)26(28,29)20-3-5-21(27)6-4-20/h3-6,13-14,16H,2,7-12,15,17H2,1H3,(H,30,31,32,33). The average Bonchev–Trinajstić information content (AvgIpc) is 3.50. The molecule has 0 amide bonds. The fraction of sp³-hybridized carbons (Fsp3) is 0.423. The number of ether oxygens (including phenoxy) is 2. The fourth-order valence-electron chi connectivity index (χ4n) is 4.28. The predicted octanol–water partition coefficient (Wildman–Crippen LogP) is 4.02. The maximum Gasteiger partial charge on any atom is 0.333 e. The van der Waals surface area contributed by atoms with Gasteiger partial charge in [-0.15, -0.1) is 5.10 Å². The number of alkyl halides is 2. The Morgan fingerprint density at radius 2 is 1.95 bits per heavy atom. The van der Waals surface area contributed by atoms with Gasteiger partial charge in [-0.3, -0.25) is 9.89 Å². The van der Waals surface area contributed by atoms with Crippen LogP contribution in [0.5, 0.6) is 0 Å². The Kier molecular flexibility index (Phi) is 7.54. The van der Waals surface area contributed by atoms with E-state index in [1.807, 2.05) is 19.1 Å². The van der Waals surface area contributed by atoms with Gasteiger partial charge >= 0.3 is 5.92 Å². The molecule has 0 bridgehead atoms. The number of hydrogen-bond acceptors (Lipinski definition) is 7. The summed E-state index contributed by atoms with van der Waals surface area (Å²) >= 11 is 0. The van der Waals surface area contributed by atoms with Crippen molar-refractivity contribution in [1.82, 2.24) is 19.5 Å². The van der Waals surface area contributed by atoms with E-state index < -0.39 is 23.1 Å². The summed E-state index contributed by atoms with van der Waals surface area (Å²) in [7, 11) is 0. The summed E-state index contributed by atoms with van der Waals surface area (Å²) in [5.74, 6) is -4.10. The minimum atomic E-state index is -3.54. The molecule has 0 unspecified atom stereocenters. The first kappa shape index (κ1) is 25.4. The first-order chi connectivity index (χ1) is 17.9. The van der Waals surface area contributed by atoms with E-state index in [4.69, 9.17) is 9.47 Å². The Hall–Kier alpha value is -3.28. The van der Waals surface area contributed by atoms with Gasteiger partial charge in [-0.1, -0.05) is 0 Å². The van der Waals surface area contributed by atoms with E-state index in [-0.39, 0.29) is 5.82 Å². The monoisotopic (exact) mass is 514 g/mol. The molecule has 0 atom stereocenters. The molecule has 11 heteroatoms. The predicted molar refractivity (Wildman–Crippen MR) is 134 cm³/mol. The molecule has 3 aromatic rings. The molecule has 1 fully saturated rings. The van der Waals surface area contributed by atoms with Crippen molar-refractivity contribution < 1.29 is 22.6 Å². The average molecular weight is 515 g/mol. The highest BCUT2D eigenvalue weighted by atomic mass is 19.3. The number of benzene rings is 1. The van der Waals surface area contributed by atoms with Crippen LogP contribution in [-0.2, 0) is 22.0 Å². The van der Waals surface area contributed by atoms with E-state index in [1.165, 1.54) is 4.52 Å². The molecule has 2 aliphatic heterocycles. The third-order valence-corrected chi connectivity index (χ3v) is 6.27. The lowest BCUT2D eigenvalue weighted by Crippen LogP contribution is -2.37. The van der Waals surface area contributed by atoms with Gasteiger partial charge < -0.3 is 14.8 Å². The molecule has 1 aromatic carbocycles. The number of fused-ring (bicyclic) bond motifs is 1. The minimum absolute atomic E-state index is 0.204. The van der Waals surface area contributed by atoms with Crippen LogP contribution in [-0.4, -0.2) is 71.3 Å². The molecule has 1 saturated heterocycles. The molecule has 0 radical (unpaired) electrons. The summed E-state index contributed by atoms with van der Waals surface area (Å²) < 4.78 is 56.7. The lowest BCUT2D eigenvalue weighted by molar-refractivity contribution is 0.0308. The SMILES string of the molecule is CC1=CC(Nc2nc(C(F)(F)c3ccc(F)cc3)nn3cc(COCCCN4CCOCC4)cc23)=NC1. The molecule has 196 valence electrons. The van der Waals surface area contributed by atoms with E-state index in [1.54, 1.807) is 6.20 Å². The quantitative estimate of drug-likeness (QED) is 0.435. The Morgan fingerprint density at radius 3 is 2.68 bits per heavy atom. The van der Waals surface area contributed by atoms with Crippen LogP contribution >= 0.6 is 0 Å². The Balaban J connectivity index is 1.35. The summed E-state index contributed by atoms with van der Waals surface area (Å²) in [4.78, 5) is 10.9. The molecule has 0 saturated carbocycles. The van der Waals surface area contributed by atoms with Crippen molar-refractivity contribution in [2.45, 2.75) is 25.9 Å². The van der Waals surface area contributed by atoms with Gasteiger partial charge in [-0.25, -0.2) is 13.9 Å². The fourth-order valence-corrected chi connectivity index (χ4v) is 4.28. The van der Waals surface area contributed by atoms with Crippen LogP contribution < -0.4 is 5.32 Å². The van der Waals surface area contributed by atoms with E-state index in [0.29, 0.717) is 31.1 Å². The topological polar surface area (TPSA) is 76.3 Å². The zero-order valence-corrected chi connectivity index (χ0v) is 20.6. The van der Waals surface area contributed by atoms with Crippen molar-refractivity contribution in [2.75, 3.05) is 51.3 Å². The molecule has 5 rings (SSSR count). The number of nitrogens with one attached hydrogen (secondary N) is 1. The second kappa shape index (κ2) is 11.0. The summed E-state index contributed by atoms with van der Waals surface area (Å²) in [5.41, 5.74) is 1.95. The third-order valence-electron chi connectivity index (χ3n) is 6.27. The molecule has 0 spiro atoms. The van der Waals surface area contributed by atoms with Crippen LogP contribution in [0.1, 0.15) is 30.3 Å². The van der Waals surface area contributed by atoms with Gasteiger partial charge in [0.05, 0.1) is 26.4 Å². The Bertz CT molecular complexity index is 1300. The minimum Gasteiger partial charge on any atom is -0.379 e. The first-order valence-electron chi connectivity index (χ1n) is 12.3. The largest absolute Gasteiger partial charge is 0.379 e. The summed E-state index contributed by atoms with van der Waals surface area (Å²) in [5, 5.41) is 7.18. The van der Waals surface area contributed by atoms with Crippen molar-refractivity contribution in [3.63, 3.8) is 0 Å². The van der Waals surface area contributed by atoms with Crippen molar-refractivity contribution in [3.8, 4) is 0 Å². The lowest BCUT2D eigenvalue weighted by atomic mass is 10.1. The van der Waals surface area contributed by atoms with Crippen LogP contribution in [0.15, 0.2) is 53.2 Å².